The molecule has 0 heterocycles. The van der Waals surface area contributed by atoms with Crippen molar-refractivity contribution in [2.75, 3.05) is 6.61 Å². The van der Waals surface area contributed by atoms with Crippen LogP contribution < -0.4 is 5.32 Å². The van der Waals surface area contributed by atoms with Gasteiger partial charge in [0.25, 0.3) is 11.6 Å². The third kappa shape index (κ3) is 3.96. The molecule has 0 aromatic heterocycles. The zero-order valence-electron chi connectivity index (χ0n) is 12.1. The Bertz CT molecular complexity index is 564. The normalized spacial score (nSPS) is 21.9. The van der Waals surface area contributed by atoms with E-state index in [0.717, 1.165) is 32.1 Å². The number of carbonyl (C=O) groups is 1. The highest BCUT2D eigenvalue weighted by Gasteiger charge is 2.27. The summed E-state index contributed by atoms with van der Waals surface area (Å²) >= 11 is 5.76. The average Bonchev–Trinajstić information content (AvgIpc) is 2.71. The number of aliphatic hydroxyl groups excluding tert-OH is 1. The molecule has 2 N–H and O–H groups in total. The number of nitro benzene ring substituents is 1. The Morgan fingerprint density at radius 2 is 2.09 bits per heavy atom. The Hall–Kier alpha value is -1.66. The van der Waals surface area contributed by atoms with Crippen molar-refractivity contribution >= 4 is 23.2 Å². The molecule has 1 aromatic carbocycles. The Kier molecular flexibility index (Phi) is 5.74. The van der Waals surface area contributed by atoms with Crippen molar-refractivity contribution in [2.45, 2.75) is 38.1 Å². The van der Waals surface area contributed by atoms with Crippen molar-refractivity contribution in [2.24, 2.45) is 5.92 Å². The van der Waals surface area contributed by atoms with Crippen LogP contribution in [-0.2, 0) is 0 Å². The molecule has 1 amide bonds. The minimum Gasteiger partial charge on any atom is -0.396 e. The molecule has 1 fully saturated rings. The van der Waals surface area contributed by atoms with E-state index < -0.39 is 10.8 Å². The quantitative estimate of drug-likeness (QED) is 0.505. The van der Waals surface area contributed by atoms with Crippen molar-refractivity contribution in [1.82, 2.24) is 5.32 Å². The van der Waals surface area contributed by atoms with E-state index in [1.54, 1.807) is 0 Å². The summed E-state index contributed by atoms with van der Waals surface area (Å²) in [6, 6.07) is 3.84. The van der Waals surface area contributed by atoms with Crippen LogP contribution in [0.1, 0.15) is 42.5 Å². The number of nitrogens with zero attached hydrogens (tertiary/aromatic N) is 1. The fourth-order valence-corrected chi connectivity index (χ4v) is 3.05. The van der Waals surface area contributed by atoms with Gasteiger partial charge >= 0.3 is 0 Å². The average molecular weight is 327 g/mol. The summed E-state index contributed by atoms with van der Waals surface area (Å²) in [4.78, 5) is 22.8. The van der Waals surface area contributed by atoms with E-state index in [2.05, 4.69) is 5.32 Å². The van der Waals surface area contributed by atoms with Gasteiger partial charge in [0.2, 0.25) is 0 Å². The maximum absolute atomic E-state index is 12.4. The molecule has 2 rings (SSSR count). The van der Waals surface area contributed by atoms with Crippen LogP contribution in [0.2, 0.25) is 5.02 Å². The molecule has 1 saturated carbocycles. The second kappa shape index (κ2) is 7.56. The first kappa shape index (κ1) is 16.7. The molecule has 2 atom stereocenters. The number of hydrogen-bond donors (Lipinski definition) is 2. The third-order valence-electron chi connectivity index (χ3n) is 4.11. The minimum absolute atomic E-state index is 0.00203. The van der Waals surface area contributed by atoms with Crippen LogP contribution in [-0.4, -0.2) is 28.6 Å². The van der Waals surface area contributed by atoms with E-state index in [-0.39, 0.29) is 34.8 Å². The van der Waals surface area contributed by atoms with Gasteiger partial charge in [-0.2, -0.15) is 0 Å². The number of nitrogens with one attached hydrogen (secondary N) is 1. The summed E-state index contributed by atoms with van der Waals surface area (Å²) in [5, 5.41) is 23.6. The van der Waals surface area contributed by atoms with Crippen LogP contribution in [0.25, 0.3) is 0 Å². The topological polar surface area (TPSA) is 92.5 Å². The van der Waals surface area contributed by atoms with Crippen molar-refractivity contribution in [1.29, 1.82) is 0 Å². The van der Waals surface area contributed by atoms with Gasteiger partial charge in [0.1, 0.15) is 5.56 Å². The number of nitro groups is 1. The first-order valence-electron chi connectivity index (χ1n) is 7.38. The maximum atomic E-state index is 12.4. The monoisotopic (exact) mass is 326 g/mol. The maximum Gasteiger partial charge on any atom is 0.283 e. The van der Waals surface area contributed by atoms with E-state index >= 15 is 0 Å². The number of amides is 1. The van der Waals surface area contributed by atoms with Gasteiger partial charge in [-0.1, -0.05) is 30.9 Å². The van der Waals surface area contributed by atoms with Gasteiger partial charge in [-0.3, -0.25) is 14.9 Å². The number of hydrogen-bond acceptors (Lipinski definition) is 4. The van der Waals surface area contributed by atoms with Gasteiger partial charge in [-0.25, -0.2) is 0 Å². The number of carbonyl (C=O) groups excluding carboxylic acids is 1. The predicted molar refractivity (Wildman–Crippen MR) is 83.0 cm³/mol. The van der Waals surface area contributed by atoms with Gasteiger partial charge in [0, 0.05) is 29.7 Å². The molecular weight excluding hydrogens is 308 g/mol. The van der Waals surface area contributed by atoms with Gasteiger partial charge in [-0.05, 0) is 25.0 Å². The zero-order chi connectivity index (χ0) is 16.1. The summed E-state index contributed by atoms with van der Waals surface area (Å²) in [7, 11) is 0. The molecule has 2 unspecified atom stereocenters. The van der Waals surface area contributed by atoms with Crippen molar-refractivity contribution < 1.29 is 14.8 Å². The lowest BCUT2D eigenvalue weighted by atomic mass is 9.95. The highest BCUT2D eigenvalue weighted by atomic mass is 35.5. The molecule has 1 aliphatic rings. The lowest BCUT2D eigenvalue weighted by molar-refractivity contribution is -0.385. The molecule has 1 aliphatic carbocycles. The van der Waals surface area contributed by atoms with E-state index in [9.17, 15) is 20.0 Å². The van der Waals surface area contributed by atoms with E-state index in [0.29, 0.717) is 0 Å². The van der Waals surface area contributed by atoms with E-state index in [1.807, 2.05) is 0 Å². The van der Waals surface area contributed by atoms with E-state index in [1.165, 1.54) is 18.2 Å². The van der Waals surface area contributed by atoms with E-state index in [4.69, 9.17) is 11.6 Å². The smallest absolute Gasteiger partial charge is 0.283 e. The molecule has 6 nitrogen and oxygen atoms in total. The fraction of sp³-hybridized carbons (Fsp3) is 0.533. The fourth-order valence-electron chi connectivity index (χ4n) is 2.89. The van der Waals surface area contributed by atoms with Gasteiger partial charge in [-0.15, -0.1) is 0 Å². The molecule has 1 aromatic rings. The number of rotatable bonds is 4. The molecule has 22 heavy (non-hydrogen) atoms. The molecule has 0 saturated heterocycles. The number of aliphatic hydroxyl groups is 1. The molecule has 0 aliphatic heterocycles. The molecule has 0 radical (unpaired) electrons. The van der Waals surface area contributed by atoms with Crippen LogP contribution in [0, 0.1) is 16.0 Å². The minimum atomic E-state index is -0.614. The summed E-state index contributed by atoms with van der Waals surface area (Å²) in [5.74, 6) is -0.494. The van der Waals surface area contributed by atoms with Crippen LogP contribution in [0.15, 0.2) is 18.2 Å². The van der Waals surface area contributed by atoms with Crippen molar-refractivity contribution in [3.8, 4) is 0 Å². The summed E-state index contributed by atoms with van der Waals surface area (Å²) in [6.07, 6.45) is 4.70. The Labute approximate surface area is 133 Å². The Morgan fingerprint density at radius 1 is 1.36 bits per heavy atom. The molecule has 0 bridgehead atoms. The standard InChI is InChI=1S/C15H19ClN2O4/c16-11-6-7-12(14(8-11)18(21)22)15(20)17-13-5-3-1-2-4-10(13)9-19/h6-8,10,13,19H,1-5,9H2,(H,17,20). The van der Waals surface area contributed by atoms with Crippen LogP contribution in [0.3, 0.4) is 0 Å². The van der Waals surface area contributed by atoms with Gasteiger partial charge in [0.05, 0.1) is 4.92 Å². The van der Waals surface area contributed by atoms with Crippen LogP contribution >= 0.6 is 11.6 Å². The first-order valence-corrected chi connectivity index (χ1v) is 7.76. The summed E-state index contributed by atoms with van der Waals surface area (Å²) < 4.78 is 0. The SMILES string of the molecule is O=C(NC1CCCCCC1CO)c1ccc(Cl)cc1[N+](=O)[O-]. The number of benzene rings is 1. The molecule has 0 spiro atoms. The molecular formula is C15H19ClN2O4. The van der Waals surface area contributed by atoms with Crippen LogP contribution in [0.4, 0.5) is 5.69 Å². The van der Waals surface area contributed by atoms with Crippen molar-refractivity contribution in [3.63, 3.8) is 0 Å². The number of halogens is 1. The largest absolute Gasteiger partial charge is 0.396 e. The lowest BCUT2D eigenvalue weighted by Gasteiger charge is -2.24. The highest BCUT2D eigenvalue weighted by molar-refractivity contribution is 6.31. The Balaban J connectivity index is 2.19. The van der Waals surface area contributed by atoms with Gasteiger partial charge < -0.3 is 10.4 Å². The second-order valence-electron chi connectivity index (χ2n) is 5.58. The summed E-state index contributed by atoms with van der Waals surface area (Å²) in [6.45, 7) is 0.00760. The summed E-state index contributed by atoms with van der Waals surface area (Å²) in [5.41, 5.74) is -0.311. The molecule has 120 valence electrons. The lowest BCUT2D eigenvalue weighted by Crippen LogP contribution is -2.41. The predicted octanol–water partition coefficient (Wildman–Crippen LogP) is 2.92. The first-order chi connectivity index (χ1) is 10.5. The Morgan fingerprint density at radius 3 is 2.77 bits per heavy atom. The van der Waals surface area contributed by atoms with Gasteiger partial charge in [0.15, 0.2) is 0 Å². The molecule has 7 heteroatoms. The highest BCUT2D eigenvalue weighted by Crippen LogP contribution is 2.26. The van der Waals surface area contributed by atoms with Crippen LogP contribution in [0.5, 0.6) is 0 Å². The zero-order valence-corrected chi connectivity index (χ0v) is 12.9. The third-order valence-corrected chi connectivity index (χ3v) is 4.35. The second-order valence-corrected chi connectivity index (χ2v) is 6.02. The van der Waals surface area contributed by atoms with Crippen molar-refractivity contribution in [3.05, 3.63) is 38.9 Å².